The van der Waals surface area contributed by atoms with Crippen molar-refractivity contribution in [3.63, 3.8) is 0 Å². The minimum absolute atomic E-state index is 0.303. The Balaban J connectivity index is 2.36. The van der Waals surface area contributed by atoms with Crippen LogP contribution in [0.4, 0.5) is 0 Å². The third-order valence-electron chi connectivity index (χ3n) is 2.76. The third kappa shape index (κ3) is 3.80. The molecule has 1 N–H and O–H groups in total. The predicted octanol–water partition coefficient (Wildman–Crippen LogP) is 0.149. The van der Waals surface area contributed by atoms with Crippen LogP contribution in [0.1, 0.15) is 19.8 Å². The van der Waals surface area contributed by atoms with Gasteiger partial charge in [-0.1, -0.05) is 6.92 Å². The van der Waals surface area contributed by atoms with Gasteiger partial charge in [0.05, 0.1) is 6.04 Å². The number of nitrogens with one attached hydrogen (secondary N) is 1. The molecule has 0 aromatic heterocycles. The SMILES string of the molecule is CCCN(C(=O)CCN(C)C)C1CNC1. The predicted molar refractivity (Wildman–Crippen MR) is 61.8 cm³/mol. The van der Waals surface area contributed by atoms with Crippen LogP contribution in [0, 0.1) is 0 Å². The van der Waals surface area contributed by atoms with E-state index in [1.54, 1.807) is 0 Å². The van der Waals surface area contributed by atoms with Crippen molar-refractivity contribution in [3.05, 3.63) is 0 Å². The number of carbonyl (C=O) groups is 1. The Kier molecular flexibility index (Phi) is 5.05. The number of carbonyl (C=O) groups excluding carboxylic acids is 1. The number of hydrogen-bond acceptors (Lipinski definition) is 3. The lowest BCUT2D eigenvalue weighted by Crippen LogP contribution is -2.59. The summed E-state index contributed by atoms with van der Waals surface area (Å²) in [5.74, 6) is 0.303. The van der Waals surface area contributed by atoms with E-state index in [9.17, 15) is 4.79 Å². The van der Waals surface area contributed by atoms with Crippen molar-refractivity contribution < 1.29 is 4.79 Å². The largest absolute Gasteiger partial charge is 0.337 e. The molecule has 0 aromatic rings. The van der Waals surface area contributed by atoms with Crippen molar-refractivity contribution in [1.82, 2.24) is 15.1 Å². The lowest BCUT2D eigenvalue weighted by Gasteiger charge is -2.38. The van der Waals surface area contributed by atoms with Gasteiger partial charge in [0.25, 0.3) is 0 Å². The normalized spacial score (nSPS) is 16.5. The second kappa shape index (κ2) is 6.08. The van der Waals surface area contributed by atoms with Crippen LogP contribution < -0.4 is 5.32 Å². The molecule has 1 rings (SSSR count). The fraction of sp³-hybridized carbons (Fsp3) is 0.909. The highest BCUT2D eigenvalue weighted by Crippen LogP contribution is 2.08. The second-order valence-corrected chi connectivity index (χ2v) is 4.45. The van der Waals surface area contributed by atoms with Crippen LogP contribution in [0.15, 0.2) is 0 Å². The van der Waals surface area contributed by atoms with Gasteiger partial charge in [-0.3, -0.25) is 4.79 Å². The fourth-order valence-electron chi connectivity index (χ4n) is 1.71. The van der Waals surface area contributed by atoms with Gasteiger partial charge in [-0.25, -0.2) is 0 Å². The molecule has 1 heterocycles. The average Bonchev–Trinajstić information content (AvgIpc) is 2.10. The average molecular weight is 213 g/mol. The van der Waals surface area contributed by atoms with Crippen molar-refractivity contribution in [2.75, 3.05) is 40.3 Å². The first kappa shape index (κ1) is 12.5. The molecule has 0 unspecified atom stereocenters. The van der Waals surface area contributed by atoms with E-state index in [-0.39, 0.29) is 0 Å². The zero-order valence-corrected chi connectivity index (χ0v) is 10.1. The van der Waals surface area contributed by atoms with E-state index in [1.807, 2.05) is 19.0 Å². The molecular weight excluding hydrogens is 190 g/mol. The Morgan fingerprint density at radius 1 is 1.33 bits per heavy atom. The van der Waals surface area contributed by atoms with E-state index in [0.717, 1.165) is 32.6 Å². The zero-order chi connectivity index (χ0) is 11.3. The molecule has 0 radical (unpaired) electrons. The van der Waals surface area contributed by atoms with Crippen LogP contribution in [0.3, 0.4) is 0 Å². The van der Waals surface area contributed by atoms with Crippen molar-refractivity contribution in [1.29, 1.82) is 0 Å². The summed E-state index contributed by atoms with van der Waals surface area (Å²) in [7, 11) is 4.00. The van der Waals surface area contributed by atoms with E-state index in [2.05, 4.69) is 17.1 Å². The quantitative estimate of drug-likeness (QED) is 0.682. The Morgan fingerprint density at radius 2 is 2.00 bits per heavy atom. The highest BCUT2D eigenvalue weighted by molar-refractivity contribution is 5.76. The van der Waals surface area contributed by atoms with Crippen molar-refractivity contribution in [3.8, 4) is 0 Å². The summed E-state index contributed by atoms with van der Waals surface area (Å²) in [5, 5.41) is 3.22. The van der Waals surface area contributed by atoms with Gasteiger partial charge < -0.3 is 15.1 Å². The van der Waals surface area contributed by atoms with E-state index in [0.29, 0.717) is 18.4 Å². The summed E-state index contributed by atoms with van der Waals surface area (Å²) in [6.07, 6.45) is 1.69. The summed E-state index contributed by atoms with van der Waals surface area (Å²) in [6, 6.07) is 0.444. The van der Waals surface area contributed by atoms with Crippen LogP contribution in [0.25, 0.3) is 0 Å². The molecular formula is C11H23N3O. The molecule has 0 aromatic carbocycles. The Labute approximate surface area is 92.6 Å². The lowest BCUT2D eigenvalue weighted by atomic mass is 10.1. The maximum Gasteiger partial charge on any atom is 0.224 e. The molecule has 1 aliphatic heterocycles. The van der Waals surface area contributed by atoms with Crippen molar-refractivity contribution in [2.24, 2.45) is 0 Å². The summed E-state index contributed by atoms with van der Waals surface area (Å²) in [5.41, 5.74) is 0. The molecule has 1 saturated heterocycles. The molecule has 0 spiro atoms. The maximum absolute atomic E-state index is 11.9. The molecule has 4 nitrogen and oxygen atoms in total. The molecule has 4 heteroatoms. The van der Waals surface area contributed by atoms with Gasteiger partial charge in [0.2, 0.25) is 5.91 Å². The van der Waals surface area contributed by atoms with Gasteiger partial charge in [0, 0.05) is 32.6 Å². The molecule has 1 aliphatic rings. The minimum Gasteiger partial charge on any atom is -0.337 e. The molecule has 1 amide bonds. The second-order valence-electron chi connectivity index (χ2n) is 4.45. The third-order valence-corrected chi connectivity index (χ3v) is 2.76. The molecule has 0 saturated carbocycles. The Morgan fingerprint density at radius 3 is 2.40 bits per heavy atom. The molecule has 1 fully saturated rings. The van der Waals surface area contributed by atoms with Gasteiger partial charge in [0.15, 0.2) is 0 Å². The van der Waals surface area contributed by atoms with E-state index in [4.69, 9.17) is 0 Å². The van der Waals surface area contributed by atoms with Crippen LogP contribution in [-0.2, 0) is 4.79 Å². The number of hydrogen-bond donors (Lipinski definition) is 1. The van der Waals surface area contributed by atoms with Gasteiger partial charge in [-0.05, 0) is 20.5 Å². The van der Waals surface area contributed by atoms with Gasteiger partial charge in [0.1, 0.15) is 0 Å². The van der Waals surface area contributed by atoms with Crippen molar-refractivity contribution in [2.45, 2.75) is 25.8 Å². The van der Waals surface area contributed by atoms with Gasteiger partial charge >= 0.3 is 0 Å². The fourth-order valence-corrected chi connectivity index (χ4v) is 1.71. The van der Waals surface area contributed by atoms with Crippen LogP contribution in [0.5, 0.6) is 0 Å². The maximum atomic E-state index is 11.9. The standard InChI is InChI=1S/C11H23N3O/c1-4-6-14(10-8-12-9-10)11(15)5-7-13(2)3/h10,12H,4-9H2,1-3H3. The first-order chi connectivity index (χ1) is 7.15. The first-order valence-electron chi connectivity index (χ1n) is 5.80. The molecule has 88 valence electrons. The first-order valence-corrected chi connectivity index (χ1v) is 5.80. The van der Waals surface area contributed by atoms with Gasteiger partial charge in [-0.15, -0.1) is 0 Å². The number of rotatable bonds is 6. The summed E-state index contributed by atoms with van der Waals surface area (Å²) >= 11 is 0. The number of amides is 1. The van der Waals surface area contributed by atoms with Crippen LogP contribution >= 0.6 is 0 Å². The highest BCUT2D eigenvalue weighted by Gasteiger charge is 2.27. The topological polar surface area (TPSA) is 35.6 Å². The van der Waals surface area contributed by atoms with Crippen molar-refractivity contribution >= 4 is 5.91 Å². The molecule has 0 atom stereocenters. The van der Waals surface area contributed by atoms with E-state index in [1.165, 1.54) is 0 Å². The molecule has 15 heavy (non-hydrogen) atoms. The summed E-state index contributed by atoms with van der Waals surface area (Å²) in [6.45, 7) is 5.80. The minimum atomic E-state index is 0.303. The molecule has 0 bridgehead atoms. The number of nitrogens with zero attached hydrogens (tertiary/aromatic N) is 2. The van der Waals surface area contributed by atoms with E-state index >= 15 is 0 Å². The van der Waals surface area contributed by atoms with Gasteiger partial charge in [-0.2, -0.15) is 0 Å². The lowest BCUT2D eigenvalue weighted by molar-refractivity contribution is -0.134. The monoisotopic (exact) mass is 213 g/mol. The summed E-state index contributed by atoms with van der Waals surface area (Å²) in [4.78, 5) is 16.0. The highest BCUT2D eigenvalue weighted by atomic mass is 16.2. The van der Waals surface area contributed by atoms with E-state index < -0.39 is 0 Å². The smallest absolute Gasteiger partial charge is 0.224 e. The summed E-state index contributed by atoms with van der Waals surface area (Å²) < 4.78 is 0. The molecule has 0 aliphatic carbocycles. The zero-order valence-electron chi connectivity index (χ0n) is 10.1. The Hall–Kier alpha value is -0.610. The van der Waals surface area contributed by atoms with Crippen LogP contribution in [0.2, 0.25) is 0 Å². The van der Waals surface area contributed by atoms with Crippen LogP contribution in [-0.4, -0.2) is 62.0 Å². The Bertz CT molecular complexity index is 202.